The van der Waals surface area contributed by atoms with Gasteiger partial charge < -0.3 is 11.1 Å². The fourth-order valence-corrected chi connectivity index (χ4v) is 5.43. The number of pyridine rings is 1. The summed E-state index contributed by atoms with van der Waals surface area (Å²) in [6.07, 6.45) is 3.02. The van der Waals surface area contributed by atoms with E-state index in [2.05, 4.69) is 31.8 Å². The third-order valence-electron chi connectivity index (χ3n) is 5.86. The Morgan fingerprint density at radius 1 is 1.13 bits per heavy atom. The molecular formula is C22H18N6OS. The fraction of sp³-hybridized carbons (Fsp3) is 0.182. The average Bonchev–Trinajstić information content (AvgIpc) is 3.41. The van der Waals surface area contributed by atoms with Crippen molar-refractivity contribution in [3.63, 3.8) is 0 Å². The van der Waals surface area contributed by atoms with Crippen molar-refractivity contribution in [1.82, 2.24) is 19.7 Å². The van der Waals surface area contributed by atoms with Crippen LogP contribution in [0.1, 0.15) is 35.2 Å². The maximum absolute atomic E-state index is 13.5. The van der Waals surface area contributed by atoms with Gasteiger partial charge in [0.05, 0.1) is 5.52 Å². The number of nitrogens with zero attached hydrogens (tertiary/aromatic N) is 4. The molecule has 2 atom stereocenters. The Morgan fingerprint density at radius 2 is 2.03 bits per heavy atom. The minimum Gasteiger partial charge on any atom is -0.366 e. The lowest BCUT2D eigenvalue weighted by molar-refractivity contribution is -0.116. The smallest absolute Gasteiger partial charge is 0.241 e. The number of thiophene rings is 1. The normalized spacial score (nSPS) is 20.7. The molecule has 0 saturated carbocycles. The van der Waals surface area contributed by atoms with Crippen molar-refractivity contribution in [2.75, 3.05) is 11.1 Å². The van der Waals surface area contributed by atoms with Crippen molar-refractivity contribution in [2.45, 2.75) is 24.8 Å². The van der Waals surface area contributed by atoms with Gasteiger partial charge >= 0.3 is 0 Å². The van der Waals surface area contributed by atoms with Gasteiger partial charge in [-0.3, -0.25) is 9.78 Å². The standard InChI is InChI=1S/C22H18N6OS/c23-21-26-22-25-16-10-12(18-6-3-9-30-18)11-17(29)19(16)20(28(22)27-21)14-7-8-24-15-5-2-1-4-13(14)15/h1-9,12,20H,10-11H2,(H3,23,25,26,27)/t12-,20-/m1/s1. The third-order valence-corrected chi connectivity index (χ3v) is 6.89. The molecule has 7 nitrogen and oxygen atoms in total. The molecule has 0 spiro atoms. The zero-order valence-corrected chi connectivity index (χ0v) is 16.8. The molecule has 4 aromatic rings. The van der Waals surface area contributed by atoms with E-state index in [1.165, 1.54) is 4.88 Å². The number of ketones is 1. The molecule has 2 aliphatic rings. The second-order valence-corrected chi connectivity index (χ2v) is 8.60. The number of hydrogen-bond donors (Lipinski definition) is 2. The van der Waals surface area contributed by atoms with Gasteiger partial charge in [0.1, 0.15) is 6.04 Å². The highest BCUT2D eigenvalue weighted by Gasteiger charge is 2.40. The molecule has 6 rings (SSSR count). The molecule has 148 valence electrons. The number of Topliss-reactive ketones (excluding diaryl/α,β-unsaturated/α-hetero) is 1. The number of nitrogen functional groups attached to an aromatic ring is 1. The number of anilines is 2. The van der Waals surface area contributed by atoms with E-state index in [9.17, 15) is 4.79 Å². The Hall–Kier alpha value is -3.52. The van der Waals surface area contributed by atoms with Crippen molar-refractivity contribution < 1.29 is 4.79 Å². The number of para-hydroxylation sites is 1. The van der Waals surface area contributed by atoms with E-state index in [-0.39, 0.29) is 23.7 Å². The molecule has 30 heavy (non-hydrogen) atoms. The van der Waals surface area contributed by atoms with E-state index >= 15 is 0 Å². The van der Waals surface area contributed by atoms with Crippen LogP contribution in [-0.4, -0.2) is 25.5 Å². The monoisotopic (exact) mass is 414 g/mol. The van der Waals surface area contributed by atoms with Gasteiger partial charge in [-0.25, -0.2) is 4.68 Å². The second kappa shape index (κ2) is 6.50. The largest absolute Gasteiger partial charge is 0.366 e. The number of aromatic nitrogens is 4. The molecule has 1 aromatic carbocycles. The Bertz CT molecular complexity index is 1320. The second-order valence-electron chi connectivity index (χ2n) is 7.62. The number of nitrogens with one attached hydrogen (secondary N) is 1. The summed E-state index contributed by atoms with van der Waals surface area (Å²) in [5, 5.41) is 10.8. The van der Waals surface area contributed by atoms with E-state index in [4.69, 9.17) is 5.73 Å². The van der Waals surface area contributed by atoms with Crippen LogP contribution in [0.5, 0.6) is 0 Å². The van der Waals surface area contributed by atoms with Crippen LogP contribution < -0.4 is 11.1 Å². The van der Waals surface area contributed by atoms with Crippen LogP contribution in [0.3, 0.4) is 0 Å². The molecule has 0 amide bonds. The molecule has 4 heterocycles. The van der Waals surface area contributed by atoms with Crippen LogP contribution >= 0.6 is 11.3 Å². The minimum absolute atomic E-state index is 0.132. The zero-order chi connectivity index (χ0) is 20.2. The number of rotatable bonds is 2. The number of fused-ring (bicyclic) bond motifs is 2. The lowest BCUT2D eigenvalue weighted by Crippen LogP contribution is -2.33. The van der Waals surface area contributed by atoms with Crippen molar-refractivity contribution in [3.05, 3.63) is 75.8 Å². The molecule has 1 aliphatic heterocycles. The highest BCUT2D eigenvalue weighted by atomic mass is 32.1. The van der Waals surface area contributed by atoms with Gasteiger partial charge in [-0.05, 0) is 35.6 Å². The van der Waals surface area contributed by atoms with E-state index in [1.54, 1.807) is 22.2 Å². The van der Waals surface area contributed by atoms with E-state index < -0.39 is 0 Å². The fourth-order valence-electron chi connectivity index (χ4n) is 4.60. The molecule has 8 heteroatoms. The van der Waals surface area contributed by atoms with E-state index in [0.717, 1.165) is 34.2 Å². The summed E-state index contributed by atoms with van der Waals surface area (Å²) in [6.45, 7) is 0. The van der Waals surface area contributed by atoms with Gasteiger partial charge in [-0.15, -0.1) is 16.4 Å². The van der Waals surface area contributed by atoms with Crippen LogP contribution in [-0.2, 0) is 4.79 Å². The molecule has 3 N–H and O–H groups in total. The molecule has 0 saturated heterocycles. The molecule has 0 bridgehead atoms. The lowest BCUT2D eigenvalue weighted by Gasteiger charge is -2.35. The first-order valence-electron chi connectivity index (χ1n) is 9.81. The summed E-state index contributed by atoms with van der Waals surface area (Å²) < 4.78 is 1.74. The maximum atomic E-state index is 13.5. The van der Waals surface area contributed by atoms with Gasteiger partial charge in [-0.2, -0.15) is 4.98 Å². The van der Waals surface area contributed by atoms with Gasteiger partial charge in [0.2, 0.25) is 11.9 Å². The SMILES string of the molecule is Nc1nc2n(n1)[C@H](c1ccnc3ccccc13)C1=C(C[C@@H](c3cccs3)CC1=O)N2. The Labute approximate surface area is 176 Å². The summed E-state index contributed by atoms with van der Waals surface area (Å²) in [5.74, 6) is 1.05. The number of benzene rings is 1. The lowest BCUT2D eigenvalue weighted by atomic mass is 9.79. The molecule has 0 radical (unpaired) electrons. The average molecular weight is 414 g/mol. The van der Waals surface area contributed by atoms with E-state index in [0.29, 0.717) is 12.4 Å². The summed E-state index contributed by atoms with van der Waals surface area (Å²) in [5.41, 5.74) is 9.46. The van der Waals surface area contributed by atoms with Crippen molar-refractivity contribution in [1.29, 1.82) is 0 Å². The number of carbonyl (C=O) groups is 1. The van der Waals surface area contributed by atoms with E-state index in [1.807, 2.05) is 36.4 Å². The van der Waals surface area contributed by atoms with Crippen molar-refractivity contribution in [3.8, 4) is 0 Å². The van der Waals surface area contributed by atoms with Crippen LogP contribution in [0.4, 0.5) is 11.9 Å². The first-order valence-corrected chi connectivity index (χ1v) is 10.7. The number of allylic oxidation sites excluding steroid dienone is 2. The molecule has 1 aliphatic carbocycles. The van der Waals surface area contributed by atoms with Crippen LogP contribution in [0.25, 0.3) is 10.9 Å². The summed E-state index contributed by atoms with van der Waals surface area (Å²) in [7, 11) is 0. The predicted molar refractivity (Wildman–Crippen MR) is 116 cm³/mol. The number of nitrogens with two attached hydrogens (primary N) is 1. The first kappa shape index (κ1) is 17.3. The van der Waals surface area contributed by atoms with Crippen LogP contribution in [0.15, 0.2) is 65.3 Å². The van der Waals surface area contributed by atoms with Gasteiger partial charge in [0.25, 0.3) is 0 Å². The van der Waals surface area contributed by atoms with Crippen molar-refractivity contribution in [2.24, 2.45) is 0 Å². The number of hydrogen-bond acceptors (Lipinski definition) is 7. The van der Waals surface area contributed by atoms with Crippen LogP contribution in [0, 0.1) is 0 Å². The van der Waals surface area contributed by atoms with Gasteiger partial charge in [-0.1, -0.05) is 24.3 Å². The summed E-state index contributed by atoms with van der Waals surface area (Å²) in [4.78, 5) is 23.6. The highest BCUT2D eigenvalue weighted by molar-refractivity contribution is 7.10. The zero-order valence-electron chi connectivity index (χ0n) is 15.9. The minimum atomic E-state index is -0.384. The van der Waals surface area contributed by atoms with Crippen LogP contribution in [0.2, 0.25) is 0 Å². The Balaban J connectivity index is 1.56. The third kappa shape index (κ3) is 2.57. The quantitative estimate of drug-likeness (QED) is 0.516. The first-order chi connectivity index (χ1) is 14.7. The molecular weight excluding hydrogens is 396 g/mol. The molecule has 0 fully saturated rings. The maximum Gasteiger partial charge on any atom is 0.241 e. The molecule has 3 aromatic heterocycles. The number of carbonyl (C=O) groups excluding carboxylic acids is 1. The van der Waals surface area contributed by atoms with Crippen molar-refractivity contribution >= 4 is 39.9 Å². The predicted octanol–water partition coefficient (Wildman–Crippen LogP) is 3.89. The topological polar surface area (TPSA) is 98.7 Å². The summed E-state index contributed by atoms with van der Waals surface area (Å²) >= 11 is 1.70. The Morgan fingerprint density at radius 3 is 2.90 bits per heavy atom. The Kier molecular flexibility index (Phi) is 3.76. The van der Waals surface area contributed by atoms with Gasteiger partial charge in [0, 0.05) is 40.1 Å². The van der Waals surface area contributed by atoms with Gasteiger partial charge in [0.15, 0.2) is 5.78 Å². The molecule has 0 unspecified atom stereocenters. The highest BCUT2D eigenvalue weighted by Crippen LogP contribution is 2.45. The summed E-state index contributed by atoms with van der Waals surface area (Å²) in [6, 6.07) is 13.7.